The van der Waals surface area contributed by atoms with E-state index in [1.165, 1.54) is 0 Å². The Labute approximate surface area is 57.7 Å². The summed E-state index contributed by atoms with van der Waals surface area (Å²) in [5.74, 6) is 0.112. The van der Waals surface area contributed by atoms with Crippen molar-refractivity contribution in [2.24, 2.45) is 5.73 Å². The first kappa shape index (κ1) is 8.29. The van der Waals surface area contributed by atoms with E-state index in [4.69, 9.17) is 11.1 Å². The second-order valence-corrected chi connectivity index (χ2v) is 2.34. The molecule has 0 aliphatic rings. The van der Waals surface area contributed by atoms with Crippen molar-refractivity contribution in [1.82, 2.24) is 5.32 Å². The molecule has 0 unspecified atom stereocenters. The highest BCUT2D eigenvalue weighted by atomic mass is 32.2. The van der Waals surface area contributed by atoms with Gasteiger partial charge in [-0.2, -0.15) is 0 Å². The molecule has 0 heterocycles. The van der Waals surface area contributed by atoms with Crippen molar-refractivity contribution in [2.45, 2.75) is 0 Å². The van der Waals surface area contributed by atoms with E-state index < -0.39 is 0 Å². The van der Waals surface area contributed by atoms with Crippen LogP contribution in [0.15, 0.2) is 0 Å². The van der Waals surface area contributed by atoms with E-state index in [1.807, 2.05) is 0 Å². The normalized spacial score (nSPS) is 8.56. The monoisotopic (exact) mass is 147 g/mol. The second-order valence-electron chi connectivity index (χ2n) is 1.33. The lowest BCUT2D eigenvalue weighted by atomic mass is 10.7. The molecule has 4 nitrogen and oxygen atoms in total. The molecular weight excluding hydrogens is 138 g/mol. The summed E-state index contributed by atoms with van der Waals surface area (Å²) >= 11 is 1.01. The molecule has 0 aromatic carbocycles. The zero-order valence-corrected chi connectivity index (χ0v) is 5.92. The Hall–Kier alpha value is -0.710. The number of amides is 1. The van der Waals surface area contributed by atoms with Gasteiger partial charge in [-0.05, 0) is 0 Å². The predicted molar refractivity (Wildman–Crippen MR) is 38.4 cm³/mol. The van der Waals surface area contributed by atoms with Crippen molar-refractivity contribution < 1.29 is 4.79 Å². The maximum atomic E-state index is 10.4. The molecule has 0 aliphatic heterocycles. The van der Waals surface area contributed by atoms with Gasteiger partial charge in [-0.3, -0.25) is 10.2 Å². The number of hydrogen-bond acceptors (Lipinski definition) is 3. The molecule has 9 heavy (non-hydrogen) atoms. The molecule has 0 aliphatic carbocycles. The smallest absolute Gasteiger partial charge is 0.230 e. The number of carbonyl (C=O) groups excluding carboxylic acids is 1. The van der Waals surface area contributed by atoms with Crippen LogP contribution in [0.2, 0.25) is 0 Å². The average molecular weight is 147 g/mol. The van der Waals surface area contributed by atoms with E-state index in [-0.39, 0.29) is 16.8 Å². The van der Waals surface area contributed by atoms with Crippen molar-refractivity contribution in [3.63, 3.8) is 0 Å². The third-order valence-electron chi connectivity index (χ3n) is 0.638. The Bertz CT molecular complexity index is 125. The molecule has 0 bridgehead atoms. The van der Waals surface area contributed by atoms with E-state index in [0.29, 0.717) is 0 Å². The third-order valence-corrected chi connectivity index (χ3v) is 1.36. The SMILES string of the molecule is CNC(=O)CSC(=N)N. The van der Waals surface area contributed by atoms with Crippen LogP contribution < -0.4 is 11.1 Å². The highest BCUT2D eigenvalue weighted by Crippen LogP contribution is 1.94. The fraction of sp³-hybridized carbons (Fsp3) is 0.500. The topological polar surface area (TPSA) is 79.0 Å². The van der Waals surface area contributed by atoms with Crippen LogP contribution in [0.3, 0.4) is 0 Å². The molecule has 0 radical (unpaired) electrons. The van der Waals surface area contributed by atoms with Crippen LogP contribution in [-0.4, -0.2) is 23.9 Å². The lowest BCUT2D eigenvalue weighted by Crippen LogP contribution is -2.21. The summed E-state index contributed by atoms with van der Waals surface area (Å²) in [6, 6.07) is 0. The van der Waals surface area contributed by atoms with Gasteiger partial charge < -0.3 is 11.1 Å². The minimum atomic E-state index is -0.116. The quantitative estimate of drug-likeness (QED) is 0.359. The Kier molecular flexibility index (Phi) is 3.87. The number of nitrogens with two attached hydrogens (primary N) is 1. The molecule has 5 heteroatoms. The largest absolute Gasteiger partial charge is 0.379 e. The molecule has 0 spiro atoms. The number of rotatable bonds is 2. The summed E-state index contributed by atoms with van der Waals surface area (Å²) in [6.07, 6.45) is 0. The van der Waals surface area contributed by atoms with Gasteiger partial charge in [0.2, 0.25) is 5.91 Å². The fourth-order valence-electron chi connectivity index (χ4n) is 0.215. The van der Waals surface area contributed by atoms with Crippen molar-refractivity contribution in [1.29, 1.82) is 5.41 Å². The Morgan fingerprint density at radius 3 is 2.78 bits per heavy atom. The van der Waals surface area contributed by atoms with Crippen molar-refractivity contribution >= 4 is 22.8 Å². The Balaban J connectivity index is 3.28. The van der Waals surface area contributed by atoms with Gasteiger partial charge >= 0.3 is 0 Å². The van der Waals surface area contributed by atoms with E-state index in [9.17, 15) is 4.79 Å². The van der Waals surface area contributed by atoms with Crippen molar-refractivity contribution in [3.05, 3.63) is 0 Å². The van der Waals surface area contributed by atoms with Crippen LogP contribution >= 0.6 is 11.8 Å². The third kappa shape index (κ3) is 5.16. The second kappa shape index (κ2) is 4.20. The molecule has 0 fully saturated rings. The van der Waals surface area contributed by atoms with E-state index in [2.05, 4.69) is 5.32 Å². The molecule has 0 aromatic rings. The Morgan fingerprint density at radius 1 is 1.89 bits per heavy atom. The number of nitrogens with one attached hydrogen (secondary N) is 2. The first-order valence-electron chi connectivity index (χ1n) is 2.34. The molecule has 1 amide bonds. The predicted octanol–water partition coefficient (Wildman–Crippen LogP) is -0.641. The fourth-order valence-corrected chi connectivity index (χ4v) is 0.646. The van der Waals surface area contributed by atoms with Crippen molar-refractivity contribution in [2.75, 3.05) is 12.8 Å². The van der Waals surface area contributed by atoms with E-state index in [0.717, 1.165) is 11.8 Å². The standard InChI is InChI=1S/C4H9N3OS/c1-7-3(8)2-9-4(5)6/h2H2,1H3,(H3,5,6)(H,7,8). The van der Waals surface area contributed by atoms with Gasteiger partial charge in [-0.15, -0.1) is 0 Å². The van der Waals surface area contributed by atoms with Crippen LogP contribution in [0.4, 0.5) is 0 Å². The minimum Gasteiger partial charge on any atom is -0.379 e. The lowest BCUT2D eigenvalue weighted by molar-refractivity contribution is -0.118. The lowest BCUT2D eigenvalue weighted by Gasteiger charge is -1.95. The van der Waals surface area contributed by atoms with Gasteiger partial charge in [0.25, 0.3) is 0 Å². The highest BCUT2D eigenvalue weighted by molar-refractivity contribution is 8.14. The first-order valence-corrected chi connectivity index (χ1v) is 3.32. The van der Waals surface area contributed by atoms with Gasteiger partial charge in [0.05, 0.1) is 5.75 Å². The Morgan fingerprint density at radius 2 is 2.44 bits per heavy atom. The summed E-state index contributed by atoms with van der Waals surface area (Å²) in [6.45, 7) is 0. The van der Waals surface area contributed by atoms with Gasteiger partial charge in [0.1, 0.15) is 0 Å². The zero-order valence-electron chi connectivity index (χ0n) is 5.10. The summed E-state index contributed by atoms with van der Waals surface area (Å²) in [7, 11) is 1.54. The van der Waals surface area contributed by atoms with E-state index >= 15 is 0 Å². The van der Waals surface area contributed by atoms with Gasteiger partial charge in [0.15, 0.2) is 5.17 Å². The van der Waals surface area contributed by atoms with Gasteiger partial charge in [-0.25, -0.2) is 0 Å². The molecule has 0 atom stereocenters. The molecule has 52 valence electrons. The summed E-state index contributed by atoms with van der Waals surface area (Å²) in [4.78, 5) is 10.4. The molecule has 4 N–H and O–H groups in total. The number of amidine groups is 1. The molecule has 0 aromatic heterocycles. The van der Waals surface area contributed by atoms with E-state index in [1.54, 1.807) is 7.05 Å². The van der Waals surface area contributed by atoms with Crippen molar-refractivity contribution in [3.8, 4) is 0 Å². The summed E-state index contributed by atoms with van der Waals surface area (Å²) in [5.41, 5.74) is 4.96. The van der Waals surface area contributed by atoms with Crippen LogP contribution in [0.25, 0.3) is 0 Å². The van der Waals surface area contributed by atoms with Gasteiger partial charge in [-0.1, -0.05) is 11.8 Å². The average Bonchev–Trinajstić information content (AvgIpc) is 1.83. The molecule has 0 saturated carbocycles. The number of thioether (sulfide) groups is 1. The van der Waals surface area contributed by atoms with Crippen LogP contribution in [0.5, 0.6) is 0 Å². The molecule has 0 saturated heterocycles. The van der Waals surface area contributed by atoms with Crippen LogP contribution in [0, 0.1) is 5.41 Å². The summed E-state index contributed by atoms with van der Waals surface area (Å²) < 4.78 is 0. The molecule has 0 rings (SSSR count). The number of hydrogen-bond donors (Lipinski definition) is 3. The van der Waals surface area contributed by atoms with Gasteiger partial charge in [0, 0.05) is 7.05 Å². The number of carbonyl (C=O) groups is 1. The summed E-state index contributed by atoms with van der Waals surface area (Å²) in [5, 5.41) is 9.10. The minimum absolute atomic E-state index is 0.0291. The zero-order chi connectivity index (χ0) is 7.28. The van der Waals surface area contributed by atoms with Crippen LogP contribution in [0.1, 0.15) is 0 Å². The maximum absolute atomic E-state index is 10.4. The first-order chi connectivity index (χ1) is 4.16. The molecular formula is C4H9N3OS. The highest BCUT2D eigenvalue weighted by Gasteiger charge is 1.97. The van der Waals surface area contributed by atoms with Crippen LogP contribution in [-0.2, 0) is 4.79 Å². The maximum Gasteiger partial charge on any atom is 0.230 e.